The van der Waals surface area contributed by atoms with E-state index in [4.69, 9.17) is 10.00 Å². The van der Waals surface area contributed by atoms with Crippen LogP contribution in [-0.2, 0) is 9.53 Å². The summed E-state index contributed by atoms with van der Waals surface area (Å²) < 4.78 is 5.26. The molecule has 1 N–H and O–H groups in total. The van der Waals surface area contributed by atoms with Crippen LogP contribution in [0.3, 0.4) is 0 Å². The van der Waals surface area contributed by atoms with Gasteiger partial charge < -0.3 is 10.1 Å². The van der Waals surface area contributed by atoms with Crippen LogP contribution < -0.4 is 5.32 Å². The molecule has 28 heavy (non-hydrogen) atoms. The number of carbonyl (C=O) groups is 2. The van der Waals surface area contributed by atoms with E-state index in [2.05, 4.69) is 15.3 Å². The number of ether oxygens (including phenoxy) is 1. The average molecular weight is 374 g/mol. The molecule has 3 rings (SSSR count). The number of esters is 1. The number of rotatable bonds is 4. The van der Waals surface area contributed by atoms with E-state index >= 15 is 0 Å². The number of aromatic nitrogens is 2. The van der Waals surface area contributed by atoms with Crippen LogP contribution in [0.2, 0.25) is 0 Å². The molecule has 1 aromatic heterocycles. The van der Waals surface area contributed by atoms with Crippen molar-refractivity contribution >= 4 is 28.6 Å². The number of fused-ring (bicyclic) bond motifs is 1. The third-order valence-corrected chi connectivity index (χ3v) is 4.27. The van der Waals surface area contributed by atoms with E-state index in [1.165, 1.54) is 6.92 Å². The van der Waals surface area contributed by atoms with Gasteiger partial charge in [-0.2, -0.15) is 5.26 Å². The van der Waals surface area contributed by atoms with Crippen molar-refractivity contribution in [2.75, 3.05) is 5.32 Å². The lowest BCUT2D eigenvalue weighted by Gasteiger charge is -2.14. The van der Waals surface area contributed by atoms with E-state index < -0.39 is 18.0 Å². The van der Waals surface area contributed by atoms with E-state index in [1.807, 2.05) is 19.9 Å². The average Bonchev–Trinajstić information content (AvgIpc) is 2.68. The summed E-state index contributed by atoms with van der Waals surface area (Å²) in [4.78, 5) is 33.6. The van der Waals surface area contributed by atoms with Crippen molar-refractivity contribution in [1.29, 1.82) is 5.26 Å². The first-order valence-electron chi connectivity index (χ1n) is 8.65. The third-order valence-electron chi connectivity index (χ3n) is 4.27. The molecular formula is C21H18N4O3. The monoisotopic (exact) mass is 374 g/mol. The molecule has 0 aliphatic heterocycles. The predicted octanol–water partition coefficient (Wildman–Crippen LogP) is 3.30. The Labute approximate surface area is 162 Å². The van der Waals surface area contributed by atoms with E-state index in [0.717, 1.165) is 11.4 Å². The molecule has 0 aliphatic carbocycles. The summed E-state index contributed by atoms with van der Waals surface area (Å²) in [6, 6.07) is 13.5. The number of amides is 1. The fourth-order valence-corrected chi connectivity index (χ4v) is 2.56. The predicted molar refractivity (Wildman–Crippen MR) is 104 cm³/mol. The van der Waals surface area contributed by atoms with Crippen LogP contribution in [0.15, 0.2) is 42.5 Å². The number of hydrogen-bond acceptors (Lipinski definition) is 6. The molecule has 0 saturated carbocycles. The largest absolute Gasteiger partial charge is 0.449 e. The van der Waals surface area contributed by atoms with Gasteiger partial charge in [0.25, 0.3) is 5.91 Å². The second kappa shape index (κ2) is 7.84. The van der Waals surface area contributed by atoms with Gasteiger partial charge in [0.15, 0.2) is 6.10 Å². The number of benzene rings is 2. The summed E-state index contributed by atoms with van der Waals surface area (Å²) in [5.74, 6) is -1.17. The second-order valence-electron chi connectivity index (χ2n) is 6.29. The van der Waals surface area contributed by atoms with E-state index in [9.17, 15) is 9.59 Å². The molecular weight excluding hydrogens is 356 g/mol. The highest BCUT2D eigenvalue weighted by Crippen LogP contribution is 2.17. The van der Waals surface area contributed by atoms with Gasteiger partial charge >= 0.3 is 5.97 Å². The smallest absolute Gasteiger partial charge is 0.338 e. The van der Waals surface area contributed by atoms with Crippen LogP contribution in [0.1, 0.15) is 34.2 Å². The zero-order chi connectivity index (χ0) is 20.3. The first-order valence-corrected chi connectivity index (χ1v) is 8.65. The lowest BCUT2D eigenvalue weighted by Crippen LogP contribution is -2.30. The summed E-state index contributed by atoms with van der Waals surface area (Å²) in [7, 11) is 0. The molecule has 0 bridgehead atoms. The fourth-order valence-electron chi connectivity index (χ4n) is 2.56. The van der Waals surface area contributed by atoms with Crippen LogP contribution >= 0.6 is 0 Å². The number of anilines is 1. The SMILES string of the molecule is Cc1nc2ccc(C(=O)OC(C)C(=O)Nc3ccccc3C#N)cc2nc1C. The number of carbonyl (C=O) groups excluding carboxylic acids is 2. The maximum atomic E-state index is 12.4. The summed E-state index contributed by atoms with van der Waals surface area (Å²) >= 11 is 0. The minimum Gasteiger partial charge on any atom is -0.449 e. The van der Waals surface area contributed by atoms with Gasteiger partial charge in [0.2, 0.25) is 0 Å². The topological polar surface area (TPSA) is 105 Å². The molecule has 1 atom stereocenters. The molecule has 3 aromatic rings. The molecule has 1 heterocycles. The third kappa shape index (κ3) is 3.96. The summed E-state index contributed by atoms with van der Waals surface area (Å²) in [5.41, 5.74) is 3.84. The van der Waals surface area contributed by atoms with Gasteiger partial charge in [-0.05, 0) is 51.1 Å². The molecule has 0 spiro atoms. The van der Waals surface area contributed by atoms with Crippen molar-refractivity contribution in [1.82, 2.24) is 9.97 Å². The van der Waals surface area contributed by atoms with Crippen LogP contribution in [0.4, 0.5) is 5.69 Å². The molecule has 0 radical (unpaired) electrons. The Morgan fingerprint density at radius 2 is 1.75 bits per heavy atom. The lowest BCUT2D eigenvalue weighted by molar-refractivity contribution is -0.123. The molecule has 7 nitrogen and oxygen atoms in total. The van der Waals surface area contributed by atoms with Gasteiger partial charge in [0.05, 0.1) is 39.2 Å². The minimum atomic E-state index is -1.04. The first kappa shape index (κ1) is 19.0. The molecule has 0 aliphatic rings. The molecule has 0 fully saturated rings. The number of nitrogens with zero attached hydrogens (tertiary/aromatic N) is 3. The zero-order valence-corrected chi connectivity index (χ0v) is 15.7. The maximum Gasteiger partial charge on any atom is 0.338 e. The highest BCUT2D eigenvalue weighted by Gasteiger charge is 2.20. The van der Waals surface area contributed by atoms with Gasteiger partial charge in [-0.25, -0.2) is 14.8 Å². The van der Waals surface area contributed by atoms with Crippen LogP contribution in [0, 0.1) is 25.2 Å². The Balaban J connectivity index is 1.73. The van der Waals surface area contributed by atoms with E-state index in [-0.39, 0.29) is 5.56 Å². The van der Waals surface area contributed by atoms with Gasteiger partial charge in [-0.1, -0.05) is 12.1 Å². The Morgan fingerprint density at radius 3 is 2.46 bits per heavy atom. The van der Waals surface area contributed by atoms with Gasteiger partial charge in [0.1, 0.15) is 6.07 Å². The maximum absolute atomic E-state index is 12.4. The Morgan fingerprint density at radius 1 is 1.07 bits per heavy atom. The summed E-state index contributed by atoms with van der Waals surface area (Å²) in [6.07, 6.45) is -1.04. The van der Waals surface area contributed by atoms with E-state index in [0.29, 0.717) is 22.3 Å². The number of nitriles is 1. The lowest BCUT2D eigenvalue weighted by atomic mass is 10.1. The van der Waals surface area contributed by atoms with Gasteiger partial charge in [-0.15, -0.1) is 0 Å². The number of hydrogen-bond donors (Lipinski definition) is 1. The highest BCUT2D eigenvalue weighted by atomic mass is 16.5. The normalized spacial score (nSPS) is 11.5. The standard InChI is InChI=1S/C21H18N4O3/c1-12-13(2)24-19-10-15(8-9-18(19)23-12)21(27)28-14(3)20(26)25-17-7-5-4-6-16(17)11-22/h4-10,14H,1-3H3,(H,25,26). The zero-order valence-electron chi connectivity index (χ0n) is 15.7. The highest BCUT2D eigenvalue weighted by molar-refractivity contribution is 5.99. The van der Waals surface area contributed by atoms with Crippen LogP contribution in [0.5, 0.6) is 0 Å². The Bertz CT molecular complexity index is 1120. The fraction of sp³-hybridized carbons (Fsp3) is 0.190. The number of aryl methyl sites for hydroxylation is 2. The van der Waals surface area contributed by atoms with Crippen molar-refractivity contribution in [3.63, 3.8) is 0 Å². The molecule has 7 heteroatoms. The van der Waals surface area contributed by atoms with Crippen molar-refractivity contribution in [3.8, 4) is 6.07 Å². The van der Waals surface area contributed by atoms with E-state index in [1.54, 1.807) is 42.5 Å². The molecule has 1 unspecified atom stereocenters. The molecule has 2 aromatic carbocycles. The Hall–Kier alpha value is -3.79. The van der Waals surface area contributed by atoms with Crippen molar-refractivity contribution < 1.29 is 14.3 Å². The minimum absolute atomic E-state index is 0.280. The summed E-state index contributed by atoms with van der Waals surface area (Å²) in [6.45, 7) is 5.18. The summed E-state index contributed by atoms with van der Waals surface area (Å²) in [5, 5.41) is 11.7. The van der Waals surface area contributed by atoms with Gasteiger partial charge in [0, 0.05) is 0 Å². The molecule has 1 amide bonds. The van der Waals surface area contributed by atoms with Crippen molar-refractivity contribution in [2.24, 2.45) is 0 Å². The van der Waals surface area contributed by atoms with Gasteiger partial charge in [-0.3, -0.25) is 4.79 Å². The molecule has 140 valence electrons. The second-order valence-corrected chi connectivity index (χ2v) is 6.29. The molecule has 0 saturated heterocycles. The first-order chi connectivity index (χ1) is 13.4. The quantitative estimate of drug-likeness (QED) is 0.703. The van der Waals surface area contributed by atoms with Crippen LogP contribution in [-0.4, -0.2) is 27.9 Å². The Kier molecular flexibility index (Phi) is 5.32. The number of para-hydroxylation sites is 1. The van der Waals surface area contributed by atoms with Crippen molar-refractivity contribution in [3.05, 3.63) is 65.0 Å². The number of nitrogens with one attached hydrogen (secondary N) is 1. The van der Waals surface area contributed by atoms with Crippen molar-refractivity contribution in [2.45, 2.75) is 26.9 Å². The van der Waals surface area contributed by atoms with Crippen LogP contribution in [0.25, 0.3) is 11.0 Å².